The molecule has 172 valence electrons. The molecule has 1 aromatic carbocycles. The molecule has 2 aliphatic rings. The van der Waals surface area contributed by atoms with Crippen LogP contribution in [0.5, 0.6) is 0 Å². The molecule has 2 atom stereocenters. The second-order valence-corrected chi connectivity index (χ2v) is 8.66. The summed E-state index contributed by atoms with van der Waals surface area (Å²) in [6, 6.07) is 3.59. The van der Waals surface area contributed by atoms with E-state index in [0.717, 1.165) is 31.7 Å². The van der Waals surface area contributed by atoms with Crippen molar-refractivity contribution >= 4 is 17.9 Å². The van der Waals surface area contributed by atoms with Crippen molar-refractivity contribution in [1.29, 1.82) is 0 Å². The third-order valence-corrected chi connectivity index (χ3v) is 6.57. The number of carbonyl (C=O) groups excluding carboxylic acids is 2. The number of halogens is 3. The Morgan fingerprint density at radius 2 is 2.00 bits per heavy atom. The normalized spacial score (nSPS) is 23.2. The monoisotopic (exact) mass is 439 g/mol. The molecule has 1 saturated heterocycles. The Balaban J connectivity index is 1.70. The van der Waals surface area contributed by atoms with Crippen LogP contribution in [0.3, 0.4) is 0 Å². The van der Waals surface area contributed by atoms with Gasteiger partial charge in [0.05, 0.1) is 12.5 Å². The van der Waals surface area contributed by atoms with E-state index < -0.39 is 23.7 Å². The SMILES string of the molecule is CNC(=O)C(CCC=O)Nc1ccc(C2CCN(C3CCCCC3)CC2(F)F)c(F)c1. The van der Waals surface area contributed by atoms with Crippen LogP contribution in [0.2, 0.25) is 0 Å². The van der Waals surface area contributed by atoms with Crippen LogP contribution in [0.1, 0.15) is 62.8 Å². The van der Waals surface area contributed by atoms with Gasteiger partial charge in [-0.3, -0.25) is 9.69 Å². The molecule has 1 aliphatic carbocycles. The molecule has 1 amide bonds. The number of hydrogen-bond donors (Lipinski definition) is 2. The molecule has 0 bridgehead atoms. The maximum absolute atomic E-state index is 15.0. The van der Waals surface area contributed by atoms with Gasteiger partial charge < -0.3 is 15.4 Å². The van der Waals surface area contributed by atoms with E-state index in [9.17, 15) is 14.0 Å². The molecule has 3 rings (SSSR count). The summed E-state index contributed by atoms with van der Waals surface area (Å²) in [4.78, 5) is 24.5. The number of anilines is 1. The smallest absolute Gasteiger partial charge is 0.267 e. The van der Waals surface area contributed by atoms with Gasteiger partial charge in [-0.15, -0.1) is 0 Å². The van der Waals surface area contributed by atoms with Gasteiger partial charge in [-0.1, -0.05) is 25.3 Å². The second-order valence-electron chi connectivity index (χ2n) is 8.66. The standard InChI is InChI=1S/C23H32F3N3O2/c1-27-22(31)21(8-5-13-30)28-16-9-10-18(20(24)14-16)19-11-12-29(15-23(19,25)26)17-6-3-2-4-7-17/h9-10,13-14,17,19,21,28H,2-8,11-12,15H2,1H3,(H,27,31). The molecule has 2 unspecified atom stereocenters. The van der Waals surface area contributed by atoms with E-state index in [2.05, 4.69) is 10.6 Å². The minimum absolute atomic E-state index is 0.0169. The van der Waals surface area contributed by atoms with Gasteiger partial charge in [-0.2, -0.15) is 0 Å². The van der Waals surface area contributed by atoms with Crippen molar-refractivity contribution in [3.05, 3.63) is 29.6 Å². The lowest BCUT2D eigenvalue weighted by Gasteiger charge is -2.43. The first-order valence-corrected chi connectivity index (χ1v) is 11.2. The predicted octanol–water partition coefficient (Wildman–Crippen LogP) is 4.09. The summed E-state index contributed by atoms with van der Waals surface area (Å²) >= 11 is 0. The summed E-state index contributed by atoms with van der Waals surface area (Å²) in [6.07, 6.45) is 6.63. The summed E-state index contributed by atoms with van der Waals surface area (Å²) in [5.74, 6) is -5.19. The first-order valence-electron chi connectivity index (χ1n) is 11.2. The van der Waals surface area contributed by atoms with Crippen molar-refractivity contribution in [2.24, 2.45) is 0 Å². The molecule has 1 heterocycles. The van der Waals surface area contributed by atoms with Gasteiger partial charge in [0.2, 0.25) is 5.91 Å². The van der Waals surface area contributed by atoms with Crippen LogP contribution in [0, 0.1) is 5.82 Å². The minimum atomic E-state index is -3.00. The van der Waals surface area contributed by atoms with Crippen LogP contribution >= 0.6 is 0 Å². The van der Waals surface area contributed by atoms with Crippen molar-refractivity contribution in [1.82, 2.24) is 10.2 Å². The van der Waals surface area contributed by atoms with E-state index >= 15 is 8.78 Å². The summed E-state index contributed by atoms with van der Waals surface area (Å²) in [6.45, 7) is 0.223. The van der Waals surface area contributed by atoms with Crippen molar-refractivity contribution in [2.45, 2.75) is 75.3 Å². The maximum Gasteiger partial charge on any atom is 0.267 e. The van der Waals surface area contributed by atoms with E-state index in [1.165, 1.54) is 25.6 Å². The van der Waals surface area contributed by atoms with E-state index in [4.69, 9.17) is 0 Å². The van der Waals surface area contributed by atoms with Gasteiger partial charge in [0.25, 0.3) is 5.92 Å². The topological polar surface area (TPSA) is 61.4 Å². The Kier molecular flexibility index (Phi) is 7.97. The fraction of sp³-hybridized carbons (Fsp3) is 0.652. The highest BCUT2D eigenvalue weighted by Gasteiger charge is 2.47. The summed E-state index contributed by atoms with van der Waals surface area (Å²) in [5.41, 5.74) is 0.340. The van der Waals surface area contributed by atoms with Crippen LogP contribution in [-0.2, 0) is 9.59 Å². The lowest BCUT2D eigenvalue weighted by Crippen LogP contribution is -2.51. The first-order chi connectivity index (χ1) is 14.9. The Labute approximate surface area is 181 Å². The second kappa shape index (κ2) is 10.5. The Morgan fingerprint density at radius 3 is 2.61 bits per heavy atom. The van der Waals surface area contributed by atoms with E-state index in [-0.39, 0.29) is 43.3 Å². The van der Waals surface area contributed by atoms with Gasteiger partial charge in [-0.05, 0) is 49.9 Å². The average Bonchev–Trinajstić information content (AvgIpc) is 2.76. The number of piperidine rings is 1. The van der Waals surface area contributed by atoms with Crippen LogP contribution in [0.4, 0.5) is 18.9 Å². The lowest BCUT2D eigenvalue weighted by atomic mass is 9.83. The molecular weight excluding hydrogens is 407 g/mol. The van der Waals surface area contributed by atoms with Gasteiger partial charge in [0.15, 0.2) is 0 Å². The number of likely N-dealkylation sites (N-methyl/N-ethyl adjacent to an activating group) is 1. The number of likely N-dealkylation sites (tertiary alicyclic amines) is 1. The predicted molar refractivity (Wildman–Crippen MR) is 114 cm³/mol. The molecule has 31 heavy (non-hydrogen) atoms. The number of aldehydes is 1. The number of benzene rings is 1. The van der Waals surface area contributed by atoms with Crippen molar-refractivity contribution in [2.75, 3.05) is 25.5 Å². The molecule has 0 spiro atoms. The van der Waals surface area contributed by atoms with Crippen molar-refractivity contribution in [3.63, 3.8) is 0 Å². The molecule has 0 radical (unpaired) electrons. The molecule has 8 heteroatoms. The zero-order valence-electron chi connectivity index (χ0n) is 18.0. The molecule has 1 aliphatic heterocycles. The Hall–Kier alpha value is -2.09. The first kappa shape index (κ1) is 23.6. The molecule has 2 N–H and O–H groups in total. The highest BCUT2D eigenvalue weighted by molar-refractivity contribution is 5.84. The van der Waals surface area contributed by atoms with Crippen LogP contribution in [0.25, 0.3) is 0 Å². The number of amides is 1. The number of nitrogens with one attached hydrogen (secondary N) is 2. The summed E-state index contributed by atoms with van der Waals surface area (Å²) < 4.78 is 44.9. The number of hydrogen-bond acceptors (Lipinski definition) is 4. The zero-order chi connectivity index (χ0) is 22.4. The zero-order valence-corrected chi connectivity index (χ0v) is 18.0. The van der Waals surface area contributed by atoms with E-state index in [0.29, 0.717) is 18.5 Å². The number of alkyl halides is 2. The molecule has 5 nitrogen and oxygen atoms in total. The van der Waals surface area contributed by atoms with Crippen LogP contribution < -0.4 is 10.6 Å². The van der Waals surface area contributed by atoms with Gasteiger partial charge in [0, 0.05) is 25.2 Å². The fourth-order valence-corrected chi connectivity index (χ4v) is 4.89. The maximum atomic E-state index is 15.0. The van der Waals surface area contributed by atoms with Crippen molar-refractivity contribution in [3.8, 4) is 0 Å². The minimum Gasteiger partial charge on any atom is -0.374 e. The third-order valence-electron chi connectivity index (χ3n) is 6.57. The van der Waals surface area contributed by atoms with Crippen LogP contribution in [0.15, 0.2) is 18.2 Å². The van der Waals surface area contributed by atoms with Crippen molar-refractivity contribution < 1.29 is 22.8 Å². The summed E-state index contributed by atoms with van der Waals surface area (Å²) in [7, 11) is 1.48. The highest BCUT2D eigenvalue weighted by atomic mass is 19.3. The van der Waals surface area contributed by atoms with Gasteiger partial charge in [-0.25, -0.2) is 13.2 Å². The Bertz CT molecular complexity index is 768. The third kappa shape index (κ3) is 5.79. The number of nitrogens with zero attached hydrogens (tertiary/aromatic N) is 1. The summed E-state index contributed by atoms with van der Waals surface area (Å²) in [5, 5.41) is 5.40. The quantitative estimate of drug-likeness (QED) is 0.599. The number of rotatable bonds is 8. The number of carbonyl (C=O) groups is 2. The Morgan fingerprint density at radius 1 is 1.26 bits per heavy atom. The van der Waals surface area contributed by atoms with E-state index in [1.807, 2.05) is 4.90 Å². The fourth-order valence-electron chi connectivity index (χ4n) is 4.89. The molecule has 1 saturated carbocycles. The molecule has 2 fully saturated rings. The lowest BCUT2D eigenvalue weighted by molar-refractivity contribution is -0.121. The van der Waals surface area contributed by atoms with Gasteiger partial charge >= 0.3 is 0 Å². The van der Waals surface area contributed by atoms with Crippen LogP contribution in [-0.4, -0.2) is 55.2 Å². The van der Waals surface area contributed by atoms with Gasteiger partial charge in [0.1, 0.15) is 18.1 Å². The largest absolute Gasteiger partial charge is 0.374 e. The molecular formula is C23H32F3N3O2. The molecule has 0 aromatic heterocycles. The highest BCUT2D eigenvalue weighted by Crippen LogP contribution is 2.43. The average molecular weight is 440 g/mol. The molecule has 1 aromatic rings. The van der Waals surface area contributed by atoms with E-state index in [1.54, 1.807) is 0 Å².